The van der Waals surface area contributed by atoms with Crippen LogP contribution in [-0.2, 0) is 17.6 Å². The van der Waals surface area contributed by atoms with Crippen molar-refractivity contribution in [1.82, 2.24) is 0 Å². The van der Waals surface area contributed by atoms with Crippen LogP contribution in [0.2, 0.25) is 0 Å². The highest BCUT2D eigenvalue weighted by Crippen LogP contribution is 2.37. The maximum Gasteiger partial charge on any atom is 0.188 e. The molecule has 2 aromatic rings. The number of ether oxygens (including phenoxy) is 4. The Bertz CT molecular complexity index is 694. The Labute approximate surface area is 141 Å². The van der Waals surface area contributed by atoms with E-state index >= 15 is 0 Å². The maximum atomic E-state index is 10.7. The molecule has 5 nitrogen and oxygen atoms in total. The van der Waals surface area contributed by atoms with Crippen LogP contribution in [0.5, 0.6) is 17.2 Å². The zero-order chi connectivity index (χ0) is 16.8. The van der Waals surface area contributed by atoms with Gasteiger partial charge in [-0.15, -0.1) is 0 Å². The van der Waals surface area contributed by atoms with Gasteiger partial charge < -0.3 is 18.9 Å². The summed E-state index contributed by atoms with van der Waals surface area (Å²) in [6.07, 6.45) is 2.47. The summed E-state index contributed by atoms with van der Waals surface area (Å²) >= 11 is 0. The summed E-state index contributed by atoms with van der Waals surface area (Å²) in [5.74, 6) is 2.19. The van der Waals surface area contributed by atoms with Crippen molar-refractivity contribution in [2.24, 2.45) is 0 Å². The number of aryl methyl sites for hydroxylation is 2. The van der Waals surface area contributed by atoms with Gasteiger partial charge in [0.1, 0.15) is 25.2 Å². The number of rotatable bonds is 7. The van der Waals surface area contributed by atoms with Gasteiger partial charge in [-0.2, -0.15) is 0 Å². The van der Waals surface area contributed by atoms with Crippen LogP contribution >= 0.6 is 0 Å². The van der Waals surface area contributed by atoms with E-state index in [4.69, 9.17) is 18.9 Å². The molecule has 24 heavy (non-hydrogen) atoms. The molecule has 0 radical (unpaired) electrons. The van der Waals surface area contributed by atoms with E-state index in [1.807, 2.05) is 36.4 Å². The third-order valence-corrected chi connectivity index (χ3v) is 3.86. The van der Waals surface area contributed by atoms with Crippen molar-refractivity contribution in [3.63, 3.8) is 0 Å². The fourth-order valence-corrected chi connectivity index (χ4v) is 2.61. The van der Waals surface area contributed by atoms with E-state index in [9.17, 15) is 4.79 Å². The minimum absolute atomic E-state index is 0.181. The number of fused-ring (bicyclic) bond motifs is 1. The van der Waals surface area contributed by atoms with Gasteiger partial charge in [-0.1, -0.05) is 24.3 Å². The number of hydrogen-bond donors (Lipinski definition) is 0. The van der Waals surface area contributed by atoms with E-state index in [1.165, 1.54) is 0 Å². The molecular weight excluding hydrogens is 308 g/mol. The standard InChI is InChI=1S/C19H20O5/c1-21-13-24-17-11-19-18(22-8-9-23-19)10-16(17)7-6-14-2-4-15(12-20)5-3-14/h2-5,10-12H,6-9,13H2,1H3. The van der Waals surface area contributed by atoms with Gasteiger partial charge in [0, 0.05) is 18.7 Å². The monoisotopic (exact) mass is 328 g/mol. The van der Waals surface area contributed by atoms with Crippen molar-refractivity contribution in [2.45, 2.75) is 12.8 Å². The third-order valence-electron chi connectivity index (χ3n) is 3.86. The van der Waals surface area contributed by atoms with Crippen LogP contribution < -0.4 is 14.2 Å². The molecule has 126 valence electrons. The average Bonchev–Trinajstić information content (AvgIpc) is 2.64. The average molecular weight is 328 g/mol. The highest BCUT2D eigenvalue weighted by atomic mass is 16.7. The second-order valence-electron chi connectivity index (χ2n) is 5.51. The lowest BCUT2D eigenvalue weighted by molar-refractivity contribution is 0.0499. The second-order valence-corrected chi connectivity index (χ2v) is 5.51. The third kappa shape index (κ3) is 3.86. The van der Waals surface area contributed by atoms with Crippen LogP contribution in [-0.4, -0.2) is 33.4 Å². The molecule has 0 fully saturated rings. The van der Waals surface area contributed by atoms with Gasteiger partial charge in [0.05, 0.1) is 0 Å². The summed E-state index contributed by atoms with van der Waals surface area (Å²) in [7, 11) is 1.59. The maximum absolute atomic E-state index is 10.7. The minimum Gasteiger partial charge on any atom is -0.486 e. The molecular formula is C19H20O5. The van der Waals surface area contributed by atoms with Crippen LogP contribution in [0.3, 0.4) is 0 Å². The molecule has 1 heterocycles. The summed E-state index contributed by atoms with van der Waals surface area (Å²) < 4.78 is 21.9. The zero-order valence-corrected chi connectivity index (χ0v) is 13.6. The Morgan fingerprint density at radius 3 is 2.42 bits per heavy atom. The Kier molecular flexibility index (Phi) is 5.33. The van der Waals surface area contributed by atoms with Gasteiger partial charge in [0.2, 0.25) is 0 Å². The highest BCUT2D eigenvalue weighted by molar-refractivity contribution is 5.74. The van der Waals surface area contributed by atoms with Crippen molar-refractivity contribution in [2.75, 3.05) is 27.1 Å². The van der Waals surface area contributed by atoms with Crippen molar-refractivity contribution < 1.29 is 23.7 Å². The Balaban J connectivity index is 1.77. The number of carbonyl (C=O) groups is 1. The molecule has 0 unspecified atom stereocenters. The fourth-order valence-electron chi connectivity index (χ4n) is 2.61. The molecule has 5 heteroatoms. The minimum atomic E-state index is 0.181. The van der Waals surface area contributed by atoms with Crippen molar-refractivity contribution in [3.8, 4) is 17.2 Å². The molecule has 0 bridgehead atoms. The van der Waals surface area contributed by atoms with Crippen LogP contribution in [0.1, 0.15) is 21.5 Å². The molecule has 0 spiro atoms. The SMILES string of the molecule is COCOc1cc2c(cc1CCc1ccc(C=O)cc1)OCCO2. The lowest BCUT2D eigenvalue weighted by atomic mass is 10.0. The molecule has 2 aromatic carbocycles. The van der Waals surface area contributed by atoms with Crippen molar-refractivity contribution in [3.05, 3.63) is 53.1 Å². The first-order chi connectivity index (χ1) is 11.8. The van der Waals surface area contributed by atoms with E-state index in [0.717, 1.165) is 41.8 Å². The Hall–Kier alpha value is -2.53. The first kappa shape index (κ1) is 16.3. The fraction of sp³-hybridized carbons (Fsp3) is 0.316. The molecule has 0 N–H and O–H groups in total. The van der Waals surface area contributed by atoms with Crippen LogP contribution in [0.15, 0.2) is 36.4 Å². The number of carbonyl (C=O) groups excluding carboxylic acids is 1. The first-order valence-electron chi connectivity index (χ1n) is 7.88. The largest absolute Gasteiger partial charge is 0.486 e. The molecule has 0 saturated carbocycles. The van der Waals surface area contributed by atoms with E-state index in [1.54, 1.807) is 7.11 Å². The molecule has 1 aliphatic heterocycles. The van der Waals surface area contributed by atoms with E-state index in [0.29, 0.717) is 24.5 Å². The van der Waals surface area contributed by atoms with Crippen LogP contribution in [0, 0.1) is 0 Å². The number of benzene rings is 2. The Morgan fingerprint density at radius 1 is 1.04 bits per heavy atom. The predicted molar refractivity (Wildman–Crippen MR) is 89.2 cm³/mol. The summed E-state index contributed by atoms with van der Waals surface area (Å²) in [6, 6.07) is 11.4. The first-order valence-corrected chi connectivity index (χ1v) is 7.88. The number of hydrogen-bond acceptors (Lipinski definition) is 5. The van der Waals surface area contributed by atoms with Gasteiger partial charge in [-0.25, -0.2) is 0 Å². The van der Waals surface area contributed by atoms with Crippen molar-refractivity contribution in [1.29, 1.82) is 0 Å². The van der Waals surface area contributed by atoms with E-state index in [2.05, 4.69) is 0 Å². The summed E-state index contributed by atoms with van der Waals surface area (Å²) in [5.41, 5.74) is 2.88. The molecule has 1 aliphatic rings. The van der Waals surface area contributed by atoms with Crippen LogP contribution in [0.4, 0.5) is 0 Å². The predicted octanol–water partition coefficient (Wildman–Crippen LogP) is 3.04. The van der Waals surface area contributed by atoms with Gasteiger partial charge in [0.25, 0.3) is 0 Å². The summed E-state index contributed by atoms with van der Waals surface area (Å²) in [6.45, 7) is 1.28. The van der Waals surface area contributed by atoms with Crippen LogP contribution in [0.25, 0.3) is 0 Å². The normalized spacial score (nSPS) is 12.7. The lowest BCUT2D eigenvalue weighted by Gasteiger charge is -2.21. The molecule has 0 aromatic heterocycles. The quantitative estimate of drug-likeness (QED) is 0.577. The highest BCUT2D eigenvalue weighted by Gasteiger charge is 2.16. The van der Waals surface area contributed by atoms with Gasteiger partial charge >= 0.3 is 0 Å². The van der Waals surface area contributed by atoms with Gasteiger partial charge in [-0.3, -0.25) is 4.79 Å². The number of aldehydes is 1. The Morgan fingerprint density at radius 2 is 1.75 bits per heavy atom. The van der Waals surface area contributed by atoms with Crippen molar-refractivity contribution >= 4 is 6.29 Å². The molecule has 0 amide bonds. The lowest BCUT2D eigenvalue weighted by Crippen LogP contribution is -2.16. The molecule has 0 saturated heterocycles. The van der Waals surface area contributed by atoms with E-state index < -0.39 is 0 Å². The topological polar surface area (TPSA) is 54.0 Å². The molecule has 0 aliphatic carbocycles. The second kappa shape index (κ2) is 7.84. The smallest absolute Gasteiger partial charge is 0.188 e. The zero-order valence-electron chi connectivity index (χ0n) is 13.6. The molecule has 3 rings (SSSR count). The number of methoxy groups -OCH3 is 1. The van der Waals surface area contributed by atoms with Gasteiger partial charge in [-0.05, 0) is 30.0 Å². The van der Waals surface area contributed by atoms with Gasteiger partial charge in [0.15, 0.2) is 18.3 Å². The summed E-state index contributed by atoms with van der Waals surface area (Å²) in [4.78, 5) is 10.7. The van der Waals surface area contributed by atoms with E-state index in [-0.39, 0.29) is 6.79 Å². The summed E-state index contributed by atoms with van der Waals surface area (Å²) in [5, 5.41) is 0. The molecule has 0 atom stereocenters.